The van der Waals surface area contributed by atoms with Crippen LogP contribution in [0, 0.1) is 6.92 Å². The van der Waals surface area contributed by atoms with Gasteiger partial charge in [0, 0.05) is 30.3 Å². The summed E-state index contributed by atoms with van der Waals surface area (Å²) in [6.45, 7) is 3.44. The minimum atomic E-state index is -0.509. The first-order valence-electron chi connectivity index (χ1n) is 7.46. The molecule has 0 aliphatic carbocycles. The van der Waals surface area contributed by atoms with Crippen LogP contribution in [0.3, 0.4) is 0 Å². The molecule has 0 aromatic heterocycles. The average Bonchev–Trinajstić information content (AvgIpc) is 2.54. The molecule has 3 rings (SSSR count). The summed E-state index contributed by atoms with van der Waals surface area (Å²) in [5.41, 5.74) is 2.85. The van der Waals surface area contributed by atoms with Crippen molar-refractivity contribution in [1.29, 1.82) is 0 Å². The van der Waals surface area contributed by atoms with E-state index in [0.29, 0.717) is 30.3 Å². The number of carbonyl (C=O) groups excluding carboxylic acids is 2. The quantitative estimate of drug-likeness (QED) is 0.813. The minimum absolute atomic E-state index is 0.453. The Morgan fingerprint density at radius 1 is 1.00 bits per heavy atom. The van der Waals surface area contributed by atoms with Crippen molar-refractivity contribution in [3.8, 4) is 0 Å². The van der Waals surface area contributed by atoms with Gasteiger partial charge in [-0.2, -0.15) is 0 Å². The minimum Gasteiger partial charge on any atom is -0.328 e. The van der Waals surface area contributed by atoms with Gasteiger partial charge in [0.05, 0.1) is 0 Å². The molecule has 0 N–H and O–H groups in total. The lowest BCUT2D eigenvalue weighted by molar-refractivity contribution is -0.146. The van der Waals surface area contributed by atoms with Crippen LogP contribution in [0.4, 0.5) is 5.69 Å². The highest BCUT2D eigenvalue weighted by Crippen LogP contribution is 2.22. The molecule has 0 saturated carbocycles. The fourth-order valence-corrected chi connectivity index (χ4v) is 2.81. The Hall–Kier alpha value is -2.33. The molecule has 2 amide bonds. The van der Waals surface area contributed by atoms with Crippen LogP contribution in [0.25, 0.3) is 0 Å². The van der Waals surface area contributed by atoms with Crippen LogP contribution in [0.2, 0.25) is 5.02 Å². The molecule has 4 nitrogen and oxygen atoms in total. The summed E-state index contributed by atoms with van der Waals surface area (Å²) >= 11 is 5.96. The number of hydrogen-bond acceptors (Lipinski definition) is 2. The molecule has 118 valence electrons. The van der Waals surface area contributed by atoms with Crippen molar-refractivity contribution >= 4 is 29.1 Å². The van der Waals surface area contributed by atoms with Crippen molar-refractivity contribution in [2.45, 2.75) is 13.5 Å². The molecule has 2 aromatic rings. The molecule has 0 unspecified atom stereocenters. The summed E-state index contributed by atoms with van der Waals surface area (Å²) in [6, 6.07) is 15.0. The second kappa shape index (κ2) is 6.42. The average molecular weight is 329 g/mol. The Morgan fingerprint density at radius 2 is 1.74 bits per heavy atom. The molecule has 1 saturated heterocycles. The number of benzene rings is 2. The molecule has 1 aliphatic heterocycles. The van der Waals surface area contributed by atoms with Gasteiger partial charge in [-0.05, 0) is 30.7 Å². The summed E-state index contributed by atoms with van der Waals surface area (Å²) < 4.78 is 0. The monoisotopic (exact) mass is 328 g/mol. The third kappa shape index (κ3) is 3.37. The van der Waals surface area contributed by atoms with E-state index in [-0.39, 0.29) is 0 Å². The maximum atomic E-state index is 12.4. The summed E-state index contributed by atoms with van der Waals surface area (Å²) in [4.78, 5) is 27.8. The lowest BCUT2D eigenvalue weighted by atomic mass is 10.1. The lowest BCUT2D eigenvalue weighted by Crippen LogP contribution is -2.54. The van der Waals surface area contributed by atoms with E-state index in [1.165, 1.54) is 10.5 Å². The molecule has 5 heteroatoms. The van der Waals surface area contributed by atoms with E-state index in [4.69, 9.17) is 11.6 Å². The van der Waals surface area contributed by atoms with Gasteiger partial charge in [0.1, 0.15) is 0 Å². The molecule has 1 heterocycles. The summed E-state index contributed by atoms with van der Waals surface area (Å²) in [5.74, 6) is -0.984. The summed E-state index contributed by atoms with van der Waals surface area (Å²) in [7, 11) is 0. The number of carbonyl (C=O) groups is 2. The molecule has 23 heavy (non-hydrogen) atoms. The first-order valence-corrected chi connectivity index (χ1v) is 7.84. The Morgan fingerprint density at radius 3 is 2.43 bits per heavy atom. The standard InChI is InChI=1S/C18H17ClN2O2/c1-13-5-7-14(8-6-13)12-20-9-10-21(18(23)17(20)22)16-4-2-3-15(19)11-16/h2-8,11H,9-10,12H2,1H3. The van der Waals surface area contributed by atoms with Gasteiger partial charge in [-0.3, -0.25) is 9.59 Å². The molecule has 0 radical (unpaired) electrons. The highest BCUT2D eigenvalue weighted by atomic mass is 35.5. The van der Waals surface area contributed by atoms with Crippen LogP contribution >= 0.6 is 11.6 Å². The van der Waals surface area contributed by atoms with Crippen LogP contribution < -0.4 is 4.90 Å². The fourth-order valence-electron chi connectivity index (χ4n) is 2.63. The van der Waals surface area contributed by atoms with Gasteiger partial charge in [-0.15, -0.1) is 0 Å². The first kappa shape index (κ1) is 15.6. The number of anilines is 1. The van der Waals surface area contributed by atoms with Crippen LogP contribution in [0.15, 0.2) is 48.5 Å². The van der Waals surface area contributed by atoms with Crippen molar-refractivity contribution in [3.63, 3.8) is 0 Å². The van der Waals surface area contributed by atoms with Gasteiger partial charge in [0.2, 0.25) is 0 Å². The second-order valence-corrected chi connectivity index (χ2v) is 6.09. The molecule has 2 aromatic carbocycles. The SMILES string of the molecule is Cc1ccc(CN2CCN(c3cccc(Cl)c3)C(=O)C2=O)cc1. The number of nitrogens with zero attached hydrogens (tertiary/aromatic N) is 2. The molecular formula is C18H17ClN2O2. The lowest BCUT2D eigenvalue weighted by Gasteiger charge is -2.33. The third-order valence-electron chi connectivity index (χ3n) is 3.92. The first-order chi connectivity index (χ1) is 11.0. The van der Waals surface area contributed by atoms with E-state index in [9.17, 15) is 9.59 Å². The van der Waals surface area contributed by atoms with Gasteiger partial charge < -0.3 is 9.80 Å². The van der Waals surface area contributed by atoms with E-state index in [1.807, 2.05) is 31.2 Å². The summed E-state index contributed by atoms with van der Waals surface area (Å²) in [6.07, 6.45) is 0. The van der Waals surface area contributed by atoms with Crippen molar-refractivity contribution < 1.29 is 9.59 Å². The highest BCUT2D eigenvalue weighted by Gasteiger charge is 2.33. The second-order valence-electron chi connectivity index (χ2n) is 5.65. The van der Waals surface area contributed by atoms with Crippen molar-refractivity contribution in [2.75, 3.05) is 18.0 Å². The van der Waals surface area contributed by atoms with Crippen LogP contribution in [-0.2, 0) is 16.1 Å². The normalized spacial score (nSPS) is 15.2. The van der Waals surface area contributed by atoms with Crippen LogP contribution in [-0.4, -0.2) is 29.8 Å². The topological polar surface area (TPSA) is 40.6 Å². The maximum absolute atomic E-state index is 12.4. The number of hydrogen-bond donors (Lipinski definition) is 0. The third-order valence-corrected chi connectivity index (χ3v) is 4.16. The van der Waals surface area contributed by atoms with E-state index >= 15 is 0 Å². The van der Waals surface area contributed by atoms with E-state index in [2.05, 4.69) is 0 Å². The molecule has 0 spiro atoms. The molecule has 1 aliphatic rings. The number of amides is 2. The van der Waals surface area contributed by atoms with Gasteiger partial charge in [0.25, 0.3) is 0 Å². The zero-order valence-electron chi connectivity index (χ0n) is 12.8. The van der Waals surface area contributed by atoms with Crippen molar-refractivity contribution in [2.24, 2.45) is 0 Å². The number of halogens is 1. The van der Waals surface area contributed by atoms with Crippen molar-refractivity contribution in [3.05, 3.63) is 64.7 Å². The zero-order chi connectivity index (χ0) is 16.4. The van der Waals surface area contributed by atoms with E-state index < -0.39 is 11.8 Å². The fraction of sp³-hybridized carbons (Fsp3) is 0.222. The Bertz CT molecular complexity index is 743. The maximum Gasteiger partial charge on any atom is 0.316 e. The van der Waals surface area contributed by atoms with Gasteiger partial charge >= 0.3 is 11.8 Å². The summed E-state index contributed by atoms with van der Waals surface area (Å²) in [5, 5.41) is 0.546. The number of piperazine rings is 1. The Balaban J connectivity index is 1.73. The van der Waals surface area contributed by atoms with Crippen LogP contribution in [0.1, 0.15) is 11.1 Å². The smallest absolute Gasteiger partial charge is 0.316 e. The van der Waals surface area contributed by atoms with E-state index in [1.54, 1.807) is 29.2 Å². The van der Waals surface area contributed by atoms with E-state index in [0.717, 1.165) is 5.56 Å². The molecule has 0 atom stereocenters. The molecule has 1 fully saturated rings. The molecular weight excluding hydrogens is 312 g/mol. The number of rotatable bonds is 3. The predicted octanol–water partition coefficient (Wildman–Crippen LogP) is 3.02. The Labute approximate surface area is 140 Å². The zero-order valence-corrected chi connectivity index (χ0v) is 13.6. The van der Waals surface area contributed by atoms with Gasteiger partial charge in [-0.25, -0.2) is 0 Å². The highest BCUT2D eigenvalue weighted by molar-refractivity contribution is 6.41. The largest absolute Gasteiger partial charge is 0.328 e. The van der Waals surface area contributed by atoms with Gasteiger partial charge in [-0.1, -0.05) is 47.5 Å². The van der Waals surface area contributed by atoms with Crippen LogP contribution in [0.5, 0.6) is 0 Å². The van der Waals surface area contributed by atoms with Crippen molar-refractivity contribution in [1.82, 2.24) is 4.90 Å². The predicted molar refractivity (Wildman–Crippen MR) is 90.4 cm³/mol. The molecule has 0 bridgehead atoms. The Kier molecular flexibility index (Phi) is 4.35. The van der Waals surface area contributed by atoms with Gasteiger partial charge in [0.15, 0.2) is 0 Å². The number of aryl methyl sites for hydroxylation is 1.